The normalized spacial score (nSPS) is 17.1. The molecular weight excluding hydrogens is 254 g/mol. The number of rotatable bonds is 4. The first-order valence-electron chi connectivity index (χ1n) is 7.57. The van der Waals surface area contributed by atoms with Crippen molar-refractivity contribution in [3.63, 3.8) is 0 Å². The van der Waals surface area contributed by atoms with E-state index in [9.17, 15) is 4.79 Å². The number of amides is 1. The fourth-order valence-corrected chi connectivity index (χ4v) is 2.58. The fraction of sp³-hybridized carbons (Fsp3) is 0.800. The van der Waals surface area contributed by atoms with Crippen molar-refractivity contribution in [1.29, 1.82) is 0 Å². The standard InChI is InChI=1S/C15H25N3O2/c1-15(2,3)16-12(19)9-10-13-17-18-14(20-13)11-7-5-4-6-8-11/h11H,4-10H2,1-3H3,(H,16,19). The Morgan fingerprint density at radius 3 is 2.60 bits per heavy atom. The average molecular weight is 279 g/mol. The number of carbonyl (C=O) groups is 1. The van der Waals surface area contributed by atoms with Gasteiger partial charge in [-0.25, -0.2) is 0 Å². The van der Waals surface area contributed by atoms with E-state index in [1.54, 1.807) is 0 Å². The van der Waals surface area contributed by atoms with Gasteiger partial charge >= 0.3 is 0 Å². The van der Waals surface area contributed by atoms with E-state index in [-0.39, 0.29) is 11.4 Å². The Labute approximate surface area is 120 Å². The van der Waals surface area contributed by atoms with Crippen molar-refractivity contribution in [2.75, 3.05) is 0 Å². The van der Waals surface area contributed by atoms with E-state index < -0.39 is 0 Å². The van der Waals surface area contributed by atoms with Gasteiger partial charge in [-0.05, 0) is 33.6 Å². The van der Waals surface area contributed by atoms with Crippen LogP contribution in [0, 0.1) is 0 Å². The number of nitrogens with zero attached hydrogens (tertiary/aromatic N) is 2. The van der Waals surface area contributed by atoms with Gasteiger partial charge in [-0.15, -0.1) is 10.2 Å². The van der Waals surface area contributed by atoms with Crippen LogP contribution in [0.5, 0.6) is 0 Å². The zero-order valence-corrected chi connectivity index (χ0v) is 12.7. The lowest BCUT2D eigenvalue weighted by molar-refractivity contribution is -0.122. The van der Waals surface area contributed by atoms with Crippen LogP contribution in [0.25, 0.3) is 0 Å². The number of aryl methyl sites for hydroxylation is 1. The maximum atomic E-state index is 11.7. The third-order valence-corrected chi connectivity index (χ3v) is 3.52. The van der Waals surface area contributed by atoms with Crippen LogP contribution in [0.4, 0.5) is 0 Å². The van der Waals surface area contributed by atoms with E-state index in [4.69, 9.17) is 4.42 Å². The highest BCUT2D eigenvalue weighted by Gasteiger charge is 2.21. The monoisotopic (exact) mass is 279 g/mol. The van der Waals surface area contributed by atoms with E-state index in [1.165, 1.54) is 19.3 Å². The van der Waals surface area contributed by atoms with Crippen molar-refractivity contribution in [2.24, 2.45) is 0 Å². The summed E-state index contributed by atoms with van der Waals surface area (Å²) in [4.78, 5) is 11.7. The Balaban J connectivity index is 1.82. The van der Waals surface area contributed by atoms with Crippen molar-refractivity contribution in [3.05, 3.63) is 11.8 Å². The molecule has 0 radical (unpaired) electrons. The number of nitrogens with one attached hydrogen (secondary N) is 1. The predicted octanol–water partition coefficient (Wildman–Crippen LogP) is 2.96. The second-order valence-electron chi connectivity index (χ2n) is 6.67. The maximum absolute atomic E-state index is 11.7. The number of hydrogen-bond donors (Lipinski definition) is 1. The summed E-state index contributed by atoms with van der Waals surface area (Å²) < 4.78 is 5.70. The Morgan fingerprint density at radius 2 is 1.95 bits per heavy atom. The lowest BCUT2D eigenvalue weighted by Gasteiger charge is -2.20. The van der Waals surface area contributed by atoms with E-state index in [0.29, 0.717) is 24.7 Å². The predicted molar refractivity (Wildman–Crippen MR) is 76.3 cm³/mol. The summed E-state index contributed by atoms with van der Waals surface area (Å²) in [5.74, 6) is 1.79. The first-order valence-corrected chi connectivity index (χ1v) is 7.57. The summed E-state index contributed by atoms with van der Waals surface area (Å²) in [5, 5.41) is 11.1. The fourth-order valence-electron chi connectivity index (χ4n) is 2.58. The molecule has 1 aromatic heterocycles. The van der Waals surface area contributed by atoms with Crippen molar-refractivity contribution >= 4 is 5.91 Å². The molecule has 0 aliphatic heterocycles. The van der Waals surface area contributed by atoms with Crippen LogP contribution in [0.2, 0.25) is 0 Å². The molecule has 0 spiro atoms. The second-order valence-corrected chi connectivity index (χ2v) is 6.67. The third-order valence-electron chi connectivity index (χ3n) is 3.52. The van der Waals surface area contributed by atoms with E-state index in [0.717, 1.165) is 18.7 Å². The summed E-state index contributed by atoms with van der Waals surface area (Å²) in [5.41, 5.74) is -0.195. The molecule has 0 bridgehead atoms. The van der Waals surface area contributed by atoms with E-state index >= 15 is 0 Å². The molecular formula is C15H25N3O2. The number of hydrogen-bond acceptors (Lipinski definition) is 4. The SMILES string of the molecule is CC(C)(C)NC(=O)CCc1nnc(C2CCCCC2)o1. The van der Waals surface area contributed by atoms with Crippen molar-refractivity contribution < 1.29 is 9.21 Å². The minimum absolute atomic E-state index is 0.0231. The number of carbonyl (C=O) groups excluding carboxylic acids is 1. The second kappa shape index (κ2) is 6.37. The molecule has 1 amide bonds. The zero-order valence-electron chi connectivity index (χ0n) is 12.7. The molecule has 1 aromatic rings. The molecule has 5 nitrogen and oxygen atoms in total. The molecule has 1 aliphatic carbocycles. The van der Waals surface area contributed by atoms with Gasteiger partial charge in [0.1, 0.15) is 0 Å². The molecule has 1 saturated carbocycles. The van der Waals surface area contributed by atoms with Crippen LogP contribution < -0.4 is 5.32 Å². The van der Waals surface area contributed by atoms with Crippen molar-refractivity contribution in [2.45, 2.75) is 77.2 Å². The molecule has 1 N–H and O–H groups in total. The average Bonchev–Trinajstić information content (AvgIpc) is 2.84. The van der Waals surface area contributed by atoms with Gasteiger partial charge in [0, 0.05) is 24.3 Å². The molecule has 1 aliphatic rings. The third kappa shape index (κ3) is 4.62. The summed E-state index contributed by atoms with van der Waals surface area (Å²) in [6.07, 6.45) is 7.00. The highest BCUT2D eigenvalue weighted by atomic mass is 16.4. The molecule has 112 valence electrons. The quantitative estimate of drug-likeness (QED) is 0.920. The highest BCUT2D eigenvalue weighted by molar-refractivity contribution is 5.76. The molecule has 5 heteroatoms. The van der Waals surface area contributed by atoms with Gasteiger partial charge in [-0.3, -0.25) is 4.79 Å². The lowest BCUT2D eigenvalue weighted by Crippen LogP contribution is -2.40. The smallest absolute Gasteiger partial charge is 0.220 e. The highest BCUT2D eigenvalue weighted by Crippen LogP contribution is 2.31. The number of aromatic nitrogens is 2. The van der Waals surface area contributed by atoms with E-state index in [1.807, 2.05) is 20.8 Å². The molecule has 0 atom stereocenters. The maximum Gasteiger partial charge on any atom is 0.220 e. The summed E-state index contributed by atoms with van der Waals surface area (Å²) >= 11 is 0. The van der Waals surface area contributed by atoms with Crippen LogP contribution in [-0.2, 0) is 11.2 Å². The van der Waals surface area contributed by atoms with Gasteiger partial charge < -0.3 is 9.73 Å². The van der Waals surface area contributed by atoms with Gasteiger partial charge in [0.2, 0.25) is 17.7 Å². The van der Waals surface area contributed by atoms with Crippen LogP contribution in [0.3, 0.4) is 0 Å². The van der Waals surface area contributed by atoms with Gasteiger partial charge in [-0.1, -0.05) is 19.3 Å². The molecule has 0 aromatic carbocycles. The topological polar surface area (TPSA) is 68.0 Å². The van der Waals surface area contributed by atoms with Crippen LogP contribution >= 0.6 is 0 Å². The molecule has 1 fully saturated rings. The summed E-state index contributed by atoms with van der Waals surface area (Å²) in [6, 6.07) is 0. The zero-order chi connectivity index (χ0) is 14.6. The molecule has 0 saturated heterocycles. The first kappa shape index (κ1) is 15.0. The molecule has 20 heavy (non-hydrogen) atoms. The minimum atomic E-state index is -0.195. The molecule has 1 heterocycles. The van der Waals surface area contributed by atoms with Gasteiger partial charge in [-0.2, -0.15) is 0 Å². The van der Waals surface area contributed by atoms with Gasteiger partial charge in [0.05, 0.1) is 0 Å². The lowest BCUT2D eigenvalue weighted by atomic mass is 9.89. The van der Waals surface area contributed by atoms with Crippen molar-refractivity contribution in [1.82, 2.24) is 15.5 Å². The summed E-state index contributed by atoms with van der Waals surface area (Å²) in [6.45, 7) is 5.91. The summed E-state index contributed by atoms with van der Waals surface area (Å²) in [7, 11) is 0. The van der Waals surface area contributed by atoms with Crippen LogP contribution in [0.1, 0.15) is 77.0 Å². The van der Waals surface area contributed by atoms with Crippen LogP contribution in [-0.4, -0.2) is 21.6 Å². The Hall–Kier alpha value is -1.39. The van der Waals surface area contributed by atoms with Gasteiger partial charge in [0.25, 0.3) is 0 Å². The molecule has 2 rings (SSSR count). The Kier molecular flexibility index (Phi) is 4.78. The largest absolute Gasteiger partial charge is 0.425 e. The minimum Gasteiger partial charge on any atom is -0.425 e. The van der Waals surface area contributed by atoms with E-state index in [2.05, 4.69) is 15.5 Å². The Bertz CT molecular complexity index is 442. The van der Waals surface area contributed by atoms with Gasteiger partial charge in [0.15, 0.2) is 0 Å². The van der Waals surface area contributed by atoms with Crippen molar-refractivity contribution in [3.8, 4) is 0 Å². The first-order chi connectivity index (χ1) is 9.44. The molecule has 0 unspecified atom stereocenters. The Morgan fingerprint density at radius 1 is 1.25 bits per heavy atom. The van der Waals surface area contributed by atoms with Crippen LogP contribution in [0.15, 0.2) is 4.42 Å².